The first-order valence-corrected chi connectivity index (χ1v) is 6.36. The number of nitrogen functional groups attached to an aromatic ring is 1. The molecular formula is C10H14N2O2S. The second-order valence-corrected chi connectivity index (χ2v) is 5.66. The van der Waals surface area contributed by atoms with Gasteiger partial charge in [0.1, 0.15) is 4.90 Å². The van der Waals surface area contributed by atoms with Crippen LogP contribution in [-0.4, -0.2) is 14.5 Å². The largest absolute Gasteiger partial charge is 0.398 e. The average molecular weight is 226 g/mol. The fraction of sp³-hybridized carbons (Fsp3) is 0.400. The predicted octanol–water partition coefficient (Wildman–Crippen LogP) is 0.956. The fourth-order valence-corrected chi connectivity index (χ4v) is 2.96. The molecule has 2 unspecified atom stereocenters. The van der Waals surface area contributed by atoms with Gasteiger partial charge in [0.25, 0.3) is 0 Å². The molecular weight excluding hydrogens is 212 g/mol. The lowest BCUT2D eigenvalue weighted by molar-refractivity contribution is 0.579. The molecule has 0 radical (unpaired) electrons. The Morgan fingerprint density at radius 1 is 1.40 bits per heavy atom. The van der Waals surface area contributed by atoms with Gasteiger partial charge in [-0.25, -0.2) is 13.1 Å². The third kappa shape index (κ3) is 2.13. The maximum absolute atomic E-state index is 11.9. The van der Waals surface area contributed by atoms with Gasteiger partial charge in [-0.15, -0.1) is 0 Å². The van der Waals surface area contributed by atoms with Crippen molar-refractivity contribution >= 4 is 15.7 Å². The van der Waals surface area contributed by atoms with E-state index in [0.717, 1.165) is 6.42 Å². The highest BCUT2D eigenvalue weighted by Crippen LogP contribution is 2.31. The Balaban J connectivity index is 2.26. The summed E-state index contributed by atoms with van der Waals surface area (Å²) < 4.78 is 26.3. The van der Waals surface area contributed by atoms with Gasteiger partial charge in [-0.05, 0) is 24.5 Å². The van der Waals surface area contributed by atoms with Crippen LogP contribution in [0.3, 0.4) is 0 Å². The van der Waals surface area contributed by atoms with E-state index in [1.165, 1.54) is 6.07 Å². The molecule has 3 N–H and O–H groups in total. The normalized spacial score (nSPS) is 25.1. The minimum Gasteiger partial charge on any atom is -0.398 e. The fourth-order valence-electron chi connectivity index (χ4n) is 1.47. The van der Waals surface area contributed by atoms with Gasteiger partial charge in [0.2, 0.25) is 10.0 Å². The van der Waals surface area contributed by atoms with Gasteiger partial charge in [0, 0.05) is 6.04 Å². The molecule has 4 nitrogen and oxygen atoms in total. The zero-order valence-corrected chi connectivity index (χ0v) is 9.29. The van der Waals surface area contributed by atoms with Gasteiger partial charge in [0.15, 0.2) is 0 Å². The molecule has 0 aromatic heterocycles. The van der Waals surface area contributed by atoms with Crippen LogP contribution in [0.25, 0.3) is 0 Å². The molecule has 1 saturated carbocycles. The number of rotatable bonds is 3. The quantitative estimate of drug-likeness (QED) is 0.754. The summed E-state index contributed by atoms with van der Waals surface area (Å²) in [5.74, 6) is 0.435. The highest BCUT2D eigenvalue weighted by molar-refractivity contribution is 7.89. The number of hydrogen-bond acceptors (Lipinski definition) is 3. The number of nitrogens with two attached hydrogens (primary N) is 1. The van der Waals surface area contributed by atoms with Crippen molar-refractivity contribution in [2.24, 2.45) is 5.92 Å². The van der Waals surface area contributed by atoms with Crippen molar-refractivity contribution in [2.45, 2.75) is 24.3 Å². The maximum Gasteiger partial charge on any atom is 0.242 e. The Labute approximate surface area is 89.5 Å². The van der Waals surface area contributed by atoms with Crippen LogP contribution in [0, 0.1) is 5.92 Å². The van der Waals surface area contributed by atoms with E-state index >= 15 is 0 Å². The molecule has 1 aromatic carbocycles. The van der Waals surface area contributed by atoms with E-state index in [1.807, 2.05) is 6.92 Å². The van der Waals surface area contributed by atoms with Crippen molar-refractivity contribution in [3.05, 3.63) is 24.3 Å². The number of benzene rings is 1. The van der Waals surface area contributed by atoms with E-state index in [1.54, 1.807) is 18.2 Å². The first-order valence-electron chi connectivity index (χ1n) is 4.87. The molecule has 1 aromatic rings. The first kappa shape index (κ1) is 10.4. The second-order valence-electron chi connectivity index (χ2n) is 3.98. The molecule has 1 aliphatic rings. The van der Waals surface area contributed by atoms with Crippen LogP contribution in [0.1, 0.15) is 13.3 Å². The van der Waals surface area contributed by atoms with Crippen LogP contribution in [0.5, 0.6) is 0 Å². The number of sulfonamides is 1. The third-order valence-electron chi connectivity index (χ3n) is 2.62. The molecule has 0 saturated heterocycles. The van der Waals surface area contributed by atoms with E-state index in [0.29, 0.717) is 11.6 Å². The third-order valence-corrected chi connectivity index (χ3v) is 4.19. The summed E-state index contributed by atoms with van der Waals surface area (Å²) in [5, 5.41) is 0. The number of hydrogen-bond donors (Lipinski definition) is 2. The van der Waals surface area contributed by atoms with Crippen molar-refractivity contribution in [3.8, 4) is 0 Å². The zero-order valence-electron chi connectivity index (χ0n) is 8.47. The molecule has 2 atom stereocenters. The molecule has 5 heteroatoms. The molecule has 0 aliphatic heterocycles. The first-order chi connectivity index (χ1) is 7.00. The molecule has 1 aliphatic carbocycles. The average Bonchev–Trinajstić information content (AvgIpc) is 2.81. The molecule has 1 fully saturated rings. The Morgan fingerprint density at radius 2 is 2.00 bits per heavy atom. The topological polar surface area (TPSA) is 72.2 Å². The predicted molar refractivity (Wildman–Crippen MR) is 58.7 cm³/mol. The summed E-state index contributed by atoms with van der Waals surface area (Å²) in [7, 11) is -3.44. The van der Waals surface area contributed by atoms with Crippen LogP contribution >= 0.6 is 0 Å². The molecule has 82 valence electrons. The van der Waals surface area contributed by atoms with Crippen molar-refractivity contribution < 1.29 is 8.42 Å². The number of para-hydroxylation sites is 1. The smallest absolute Gasteiger partial charge is 0.242 e. The standard InChI is InChI=1S/C10H14N2O2S/c1-7-6-9(7)12-15(13,14)10-5-3-2-4-8(10)11/h2-5,7,9,12H,6,11H2,1H3. The zero-order chi connectivity index (χ0) is 11.1. The van der Waals surface area contributed by atoms with Crippen LogP contribution in [0.15, 0.2) is 29.2 Å². The minimum atomic E-state index is -3.44. The monoisotopic (exact) mass is 226 g/mol. The molecule has 15 heavy (non-hydrogen) atoms. The highest BCUT2D eigenvalue weighted by atomic mass is 32.2. The molecule has 0 bridgehead atoms. The summed E-state index contributed by atoms with van der Waals surface area (Å²) in [6.45, 7) is 2.02. The highest BCUT2D eigenvalue weighted by Gasteiger charge is 2.36. The van der Waals surface area contributed by atoms with Gasteiger partial charge in [0.05, 0.1) is 5.69 Å². The molecule has 0 spiro atoms. The molecule has 0 amide bonds. The van der Waals surface area contributed by atoms with E-state index < -0.39 is 10.0 Å². The molecule has 2 rings (SSSR count). The second kappa shape index (κ2) is 3.50. The van der Waals surface area contributed by atoms with Crippen molar-refractivity contribution in [2.75, 3.05) is 5.73 Å². The van der Waals surface area contributed by atoms with Gasteiger partial charge in [-0.2, -0.15) is 0 Å². The Hall–Kier alpha value is -1.07. The lowest BCUT2D eigenvalue weighted by Crippen LogP contribution is -2.27. The maximum atomic E-state index is 11.9. The van der Waals surface area contributed by atoms with Gasteiger partial charge < -0.3 is 5.73 Å². The molecule has 0 heterocycles. The summed E-state index contributed by atoms with van der Waals surface area (Å²) in [5.41, 5.74) is 5.91. The van der Waals surface area contributed by atoms with Crippen LogP contribution < -0.4 is 10.5 Å². The summed E-state index contributed by atoms with van der Waals surface area (Å²) in [6.07, 6.45) is 0.909. The van der Waals surface area contributed by atoms with E-state index in [-0.39, 0.29) is 10.9 Å². The van der Waals surface area contributed by atoms with Gasteiger partial charge >= 0.3 is 0 Å². The summed E-state index contributed by atoms with van der Waals surface area (Å²) >= 11 is 0. The van der Waals surface area contributed by atoms with E-state index in [2.05, 4.69) is 4.72 Å². The van der Waals surface area contributed by atoms with Crippen LogP contribution in [-0.2, 0) is 10.0 Å². The SMILES string of the molecule is CC1CC1NS(=O)(=O)c1ccccc1N. The van der Waals surface area contributed by atoms with Gasteiger partial charge in [-0.1, -0.05) is 19.1 Å². The Bertz CT molecular complexity index is 470. The van der Waals surface area contributed by atoms with Crippen molar-refractivity contribution in [1.29, 1.82) is 0 Å². The summed E-state index contributed by atoms with van der Waals surface area (Å²) in [4.78, 5) is 0.170. The Morgan fingerprint density at radius 3 is 2.53 bits per heavy atom. The number of nitrogens with one attached hydrogen (secondary N) is 1. The Kier molecular flexibility index (Phi) is 2.44. The van der Waals surface area contributed by atoms with Crippen molar-refractivity contribution in [1.82, 2.24) is 4.72 Å². The van der Waals surface area contributed by atoms with Crippen LogP contribution in [0.4, 0.5) is 5.69 Å². The lowest BCUT2D eigenvalue weighted by Gasteiger charge is -2.07. The lowest BCUT2D eigenvalue weighted by atomic mass is 10.3. The van der Waals surface area contributed by atoms with Crippen molar-refractivity contribution in [3.63, 3.8) is 0 Å². The number of anilines is 1. The van der Waals surface area contributed by atoms with E-state index in [4.69, 9.17) is 5.73 Å². The minimum absolute atomic E-state index is 0.0783. The van der Waals surface area contributed by atoms with Gasteiger partial charge in [-0.3, -0.25) is 0 Å². The summed E-state index contributed by atoms with van der Waals surface area (Å²) in [6, 6.07) is 6.57. The van der Waals surface area contributed by atoms with E-state index in [9.17, 15) is 8.42 Å². The van der Waals surface area contributed by atoms with Crippen LogP contribution in [0.2, 0.25) is 0 Å².